The molecule has 1 aromatic carbocycles. The summed E-state index contributed by atoms with van der Waals surface area (Å²) in [7, 11) is 1.76. The van der Waals surface area contributed by atoms with Crippen LogP contribution in [0.25, 0.3) is 0 Å². The fourth-order valence-corrected chi connectivity index (χ4v) is 2.73. The van der Waals surface area contributed by atoms with E-state index in [-0.39, 0.29) is 29.9 Å². The second-order valence-electron chi connectivity index (χ2n) is 6.26. The monoisotopic (exact) mass is 489 g/mol. The van der Waals surface area contributed by atoms with Crippen LogP contribution in [0.4, 0.5) is 0 Å². The summed E-state index contributed by atoms with van der Waals surface area (Å²) < 4.78 is 5.36. The van der Waals surface area contributed by atoms with Gasteiger partial charge in [-0.05, 0) is 24.1 Å². The summed E-state index contributed by atoms with van der Waals surface area (Å²) in [6.07, 6.45) is 0.930. The van der Waals surface area contributed by atoms with E-state index in [1.165, 1.54) is 0 Å². The van der Waals surface area contributed by atoms with E-state index in [9.17, 15) is 4.79 Å². The molecule has 0 bridgehead atoms. The number of morpholine rings is 1. The van der Waals surface area contributed by atoms with Crippen molar-refractivity contribution in [3.05, 3.63) is 35.4 Å². The molecule has 0 saturated carbocycles. The Bertz CT molecular complexity index is 591. The highest BCUT2D eigenvalue weighted by atomic mass is 127. The molecule has 7 nitrogen and oxygen atoms in total. The van der Waals surface area contributed by atoms with Gasteiger partial charge in [0.25, 0.3) is 5.91 Å². The second-order valence-corrected chi connectivity index (χ2v) is 6.26. The Morgan fingerprint density at radius 2 is 1.96 bits per heavy atom. The van der Waals surface area contributed by atoms with Crippen molar-refractivity contribution in [1.29, 1.82) is 0 Å². The Morgan fingerprint density at radius 3 is 2.67 bits per heavy atom. The maximum Gasteiger partial charge on any atom is 0.251 e. The van der Waals surface area contributed by atoms with Gasteiger partial charge in [0.15, 0.2) is 5.96 Å². The SMILES string of the molecule is CCCNC(=O)c1cccc(CNC(=NC)NCCN2CCOCC2)c1.I. The first-order valence-corrected chi connectivity index (χ1v) is 9.34. The third-order valence-corrected chi connectivity index (χ3v) is 4.23. The quantitative estimate of drug-likeness (QED) is 0.293. The van der Waals surface area contributed by atoms with Gasteiger partial charge in [-0.25, -0.2) is 0 Å². The number of aliphatic imine (C=N–C) groups is 1. The first kappa shape index (κ1) is 23.6. The lowest BCUT2D eigenvalue weighted by Crippen LogP contribution is -2.44. The van der Waals surface area contributed by atoms with Crippen molar-refractivity contribution in [2.75, 3.05) is 53.0 Å². The number of hydrogen-bond acceptors (Lipinski definition) is 4. The number of halogens is 1. The molecule has 3 N–H and O–H groups in total. The van der Waals surface area contributed by atoms with Crippen LogP contribution in [0.5, 0.6) is 0 Å². The second kappa shape index (κ2) is 13.7. The molecule has 152 valence electrons. The molecule has 0 aliphatic carbocycles. The predicted molar refractivity (Wildman–Crippen MR) is 120 cm³/mol. The number of nitrogens with zero attached hydrogens (tertiary/aromatic N) is 2. The molecular formula is C19H32IN5O2. The number of amides is 1. The molecule has 27 heavy (non-hydrogen) atoms. The molecule has 1 aromatic rings. The van der Waals surface area contributed by atoms with Crippen LogP contribution in [-0.4, -0.2) is 69.8 Å². The molecule has 0 atom stereocenters. The van der Waals surface area contributed by atoms with Gasteiger partial charge in [0.1, 0.15) is 0 Å². The summed E-state index contributed by atoms with van der Waals surface area (Å²) in [5, 5.41) is 9.53. The Kier molecular flexibility index (Phi) is 12.0. The van der Waals surface area contributed by atoms with Crippen molar-refractivity contribution in [3.8, 4) is 0 Å². The standard InChI is InChI=1S/C19H31N5O2.HI/c1-3-7-21-18(25)17-6-4-5-16(14-17)15-23-19(20-2)22-8-9-24-10-12-26-13-11-24;/h4-6,14H,3,7-13,15H2,1-2H3,(H,21,25)(H2,20,22,23);1H. The van der Waals surface area contributed by atoms with Crippen molar-refractivity contribution in [2.45, 2.75) is 19.9 Å². The summed E-state index contributed by atoms with van der Waals surface area (Å²) in [4.78, 5) is 18.7. The summed E-state index contributed by atoms with van der Waals surface area (Å²) >= 11 is 0. The number of hydrogen-bond donors (Lipinski definition) is 3. The molecule has 0 unspecified atom stereocenters. The van der Waals surface area contributed by atoms with Gasteiger partial charge < -0.3 is 20.7 Å². The van der Waals surface area contributed by atoms with E-state index in [1.54, 1.807) is 7.05 Å². The fraction of sp³-hybridized carbons (Fsp3) is 0.579. The van der Waals surface area contributed by atoms with Crippen molar-refractivity contribution in [1.82, 2.24) is 20.9 Å². The van der Waals surface area contributed by atoms with Gasteiger partial charge in [0, 0.05) is 51.9 Å². The van der Waals surface area contributed by atoms with E-state index < -0.39 is 0 Å². The molecule has 1 fully saturated rings. The maximum atomic E-state index is 12.1. The topological polar surface area (TPSA) is 78.0 Å². The number of ether oxygens (including phenoxy) is 1. The van der Waals surface area contributed by atoms with Crippen LogP contribution < -0.4 is 16.0 Å². The van der Waals surface area contributed by atoms with Crippen LogP contribution in [-0.2, 0) is 11.3 Å². The van der Waals surface area contributed by atoms with Gasteiger partial charge in [0.2, 0.25) is 0 Å². The van der Waals surface area contributed by atoms with Crippen molar-refractivity contribution >= 4 is 35.8 Å². The smallest absolute Gasteiger partial charge is 0.251 e. The number of guanidine groups is 1. The van der Waals surface area contributed by atoms with Crippen LogP contribution in [0.2, 0.25) is 0 Å². The summed E-state index contributed by atoms with van der Waals surface area (Å²) in [6, 6.07) is 7.67. The lowest BCUT2D eigenvalue weighted by molar-refractivity contribution is 0.0389. The highest BCUT2D eigenvalue weighted by molar-refractivity contribution is 14.0. The third-order valence-electron chi connectivity index (χ3n) is 4.23. The number of benzene rings is 1. The molecular weight excluding hydrogens is 457 g/mol. The summed E-state index contributed by atoms with van der Waals surface area (Å²) in [6.45, 7) is 8.76. The Labute approximate surface area is 179 Å². The zero-order valence-corrected chi connectivity index (χ0v) is 18.6. The number of carbonyl (C=O) groups excluding carboxylic acids is 1. The van der Waals surface area contributed by atoms with Gasteiger partial charge >= 0.3 is 0 Å². The Morgan fingerprint density at radius 1 is 1.19 bits per heavy atom. The lowest BCUT2D eigenvalue weighted by Gasteiger charge is -2.26. The fourth-order valence-electron chi connectivity index (χ4n) is 2.73. The zero-order chi connectivity index (χ0) is 18.6. The third kappa shape index (κ3) is 8.89. The van der Waals surface area contributed by atoms with Crippen LogP contribution in [0.1, 0.15) is 29.3 Å². The van der Waals surface area contributed by atoms with Crippen LogP contribution in [0.3, 0.4) is 0 Å². The average Bonchev–Trinajstić information content (AvgIpc) is 2.69. The van der Waals surface area contributed by atoms with E-state index in [4.69, 9.17) is 4.74 Å². The Hall–Kier alpha value is -1.39. The first-order chi connectivity index (χ1) is 12.7. The van der Waals surface area contributed by atoms with E-state index in [0.29, 0.717) is 18.7 Å². The minimum Gasteiger partial charge on any atom is -0.379 e. The summed E-state index contributed by atoms with van der Waals surface area (Å²) in [5.41, 5.74) is 1.73. The predicted octanol–water partition coefficient (Wildman–Crippen LogP) is 1.44. The van der Waals surface area contributed by atoms with Gasteiger partial charge in [-0.2, -0.15) is 0 Å². The van der Waals surface area contributed by atoms with Crippen LogP contribution >= 0.6 is 24.0 Å². The highest BCUT2D eigenvalue weighted by Gasteiger charge is 2.10. The Balaban J connectivity index is 0.00000364. The largest absolute Gasteiger partial charge is 0.379 e. The van der Waals surface area contributed by atoms with Crippen molar-refractivity contribution < 1.29 is 9.53 Å². The molecule has 1 heterocycles. The molecule has 8 heteroatoms. The summed E-state index contributed by atoms with van der Waals surface area (Å²) in [5.74, 6) is 0.737. The molecule has 1 amide bonds. The van der Waals surface area contributed by atoms with E-state index in [1.807, 2.05) is 31.2 Å². The molecule has 1 aliphatic rings. The number of rotatable bonds is 8. The van der Waals surface area contributed by atoms with Gasteiger partial charge in [-0.15, -0.1) is 24.0 Å². The number of carbonyl (C=O) groups is 1. The molecule has 0 radical (unpaired) electrons. The molecule has 1 saturated heterocycles. The van der Waals surface area contributed by atoms with Crippen molar-refractivity contribution in [3.63, 3.8) is 0 Å². The van der Waals surface area contributed by atoms with Gasteiger partial charge in [-0.3, -0.25) is 14.7 Å². The molecule has 2 rings (SSSR count). The minimum atomic E-state index is -0.0262. The van der Waals surface area contributed by atoms with Gasteiger partial charge in [-0.1, -0.05) is 19.1 Å². The van der Waals surface area contributed by atoms with E-state index >= 15 is 0 Å². The minimum absolute atomic E-state index is 0. The number of nitrogens with one attached hydrogen (secondary N) is 3. The maximum absolute atomic E-state index is 12.1. The van der Waals surface area contributed by atoms with Gasteiger partial charge in [0.05, 0.1) is 13.2 Å². The van der Waals surface area contributed by atoms with E-state index in [0.717, 1.165) is 57.3 Å². The average molecular weight is 489 g/mol. The first-order valence-electron chi connectivity index (χ1n) is 9.34. The highest BCUT2D eigenvalue weighted by Crippen LogP contribution is 2.05. The van der Waals surface area contributed by atoms with E-state index in [2.05, 4.69) is 25.8 Å². The van der Waals surface area contributed by atoms with Crippen molar-refractivity contribution in [2.24, 2.45) is 4.99 Å². The lowest BCUT2D eigenvalue weighted by atomic mass is 10.1. The van der Waals surface area contributed by atoms with Crippen LogP contribution in [0.15, 0.2) is 29.3 Å². The molecule has 1 aliphatic heterocycles. The molecule has 0 spiro atoms. The zero-order valence-electron chi connectivity index (χ0n) is 16.3. The van der Waals surface area contributed by atoms with Crippen LogP contribution in [0, 0.1) is 0 Å². The molecule has 0 aromatic heterocycles. The normalized spacial score (nSPS) is 15.0.